The highest BCUT2D eigenvalue weighted by atomic mass is 16.4. The maximum Gasteiger partial charge on any atom is 0.170 e. The van der Waals surface area contributed by atoms with Crippen LogP contribution in [0.1, 0.15) is 37.8 Å². The Bertz CT molecular complexity index is 373. The summed E-state index contributed by atoms with van der Waals surface area (Å²) >= 11 is 0. The zero-order chi connectivity index (χ0) is 13.4. The van der Waals surface area contributed by atoms with Crippen LogP contribution < -0.4 is 5.73 Å². The van der Waals surface area contributed by atoms with Gasteiger partial charge in [0.25, 0.3) is 0 Å². The highest BCUT2D eigenvalue weighted by Crippen LogP contribution is 2.08. The summed E-state index contributed by atoms with van der Waals surface area (Å²) < 4.78 is 0. The highest BCUT2D eigenvalue weighted by Gasteiger charge is 2.04. The minimum Gasteiger partial charge on any atom is -0.409 e. The van der Waals surface area contributed by atoms with Crippen LogP contribution in [-0.4, -0.2) is 29.0 Å². The molecular formula is C14H23N3O. The Hall–Kier alpha value is -1.55. The molecule has 1 aromatic rings. The molecule has 4 nitrogen and oxygen atoms in total. The Kier molecular flexibility index (Phi) is 6.22. The van der Waals surface area contributed by atoms with Gasteiger partial charge >= 0.3 is 0 Å². The molecule has 0 saturated heterocycles. The summed E-state index contributed by atoms with van der Waals surface area (Å²) in [6.07, 6.45) is 2.45. The lowest BCUT2D eigenvalue weighted by atomic mass is 10.1. The van der Waals surface area contributed by atoms with Crippen LogP contribution in [0.15, 0.2) is 29.4 Å². The largest absolute Gasteiger partial charge is 0.409 e. The number of amidine groups is 1. The molecule has 0 amide bonds. The third kappa shape index (κ3) is 4.37. The van der Waals surface area contributed by atoms with E-state index in [1.165, 1.54) is 18.4 Å². The summed E-state index contributed by atoms with van der Waals surface area (Å²) in [6, 6.07) is 7.83. The van der Waals surface area contributed by atoms with Crippen LogP contribution in [0.5, 0.6) is 0 Å². The lowest BCUT2D eigenvalue weighted by molar-refractivity contribution is 0.275. The van der Waals surface area contributed by atoms with Gasteiger partial charge in [0.15, 0.2) is 5.84 Å². The third-order valence-corrected chi connectivity index (χ3v) is 3.04. The Morgan fingerprint density at radius 1 is 1.28 bits per heavy atom. The first kappa shape index (κ1) is 14.5. The third-order valence-electron chi connectivity index (χ3n) is 3.04. The van der Waals surface area contributed by atoms with Crippen LogP contribution >= 0.6 is 0 Å². The fraction of sp³-hybridized carbons (Fsp3) is 0.500. The highest BCUT2D eigenvalue weighted by molar-refractivity contribution is 5.96. The summed E-state index contributed by atoms with van der Waals surface area (Å²) in [4.78, 5) is 2.42. The van der Waals surface area contributed by atoms with Gasteiger partial charge in [-0.3, -0.25) is 4.90 Å². The maximum absolute atomic E-state index is 8.59. The molecule has 1 aromatic carbocycles. The molecule has 0 heterocycles. The molecule has 1 rings (SSSR count). The number of oxime groups is 1. The molecule has 0 aromatic heterocycles. The Morgan fingerprint density at radius 2 is 1.94 bits per heavy atom. The summed E-state index contributed by atoms with van der Waals surface area (Å²) in [5.74, 6) is 0.153. The zero-order valence-corrected chi connectivity index (χ0v) is 11.3. The van der Waals surface area contributed by atoms with Crippen LogP contribution in [0.3, 0.4) is 0 Å². The van der Waals surface area contributed by atoms with E-state index >= 15 is 0 Å². The number of unbranched alkanes of at least 4 members (excludes halogenated alkanes) is 1. The van der Waals surface area contributed by atoms with E-state index in [0.717, 1.165) is 25.2 Å². The Balaban J connectivity index is 2.62. The quantitative estimate of drug-likeness (QED) is 0.337. The van der Waals surface area contributed by atoms with E-state index < -0.39 is 0 Å². The molecular weight excluding hydrogens is 226 g/mol. The van der Waals surface area contributed by atoms with E-state index in [4.69, 9.17) is 10.9 Å². The van der Waals surface area contributed by atoms with Crippen molar-refractivity contribution in [3.8, 4) is 0 Å². The van der Waals surface area contributed by atoms with Gasteiger partial charge in [0, 0.05) is 12.1 Å². The van der Waals surface area contributed by atoms with Crippen molar-refractivity contribution in [2.24, 2.45) is 10.9 Å². The van der Waals surface area contributed by atoms with E-state index in [1.54, 1.807) is 0 Å². The van der Waals surface area contributed by atoms with Gasteiger partial charge in [-0.05, 0) is 25.1 Å². The molecule has 4 heteroatoms. The monoisotopic (exact) mass is 249 g/mol. The molecule has 0 atom stereocenters. The molecule has 0 radical (unpaired) electrons. The molecule has 0 aliphatic heterocycles. The second-order valence-electron chi connectivity index (χ2n) is 4.40. The molecule has 0 unspecified atom stereocenters. The van der Waals surface area contributed by atoms with Crippen molar-refractivity contribution >= 4 is 5.84 Å². The second-order valence-corrected chi connectivity index (χ2v) is 4.40. The topological polar surface area (TPSA) is 61.8 Å². The van der Waals surface area contributed by atoms with E-state index in [-0.39, 0.29) is 5.84 Å². The van der Waals surface area contributed by atoms with Crippen molar-refractivity contribution in [1.82, 2.24) is 4.90 Å². The van der Waals surface area contributed by atoms with Crippen molar-refractivity contribution < 1.29 is 5.21 Å². The molecule has 0 fully saturated rings. The van der Waals surface area contributed by atoms with Crippen molar-refractivity contribution in [3.63, 3.8) is 0 Å². The van der Waals surface area contributed by atoms with Crippen LogP contribution in [0.4, 0.5) is 0 Å². The average molecular weight is 249 g/mol. The Morgan fingerprint density at radius 3 is 2.44 bits per heavy atom. The number of rotatable bonds is 7. The second kappa shape index (κ2) is 7.71. The normalized spacial score (nSPS) is 12.1. The Labute approximate surface area is 109 Å². The van der Waals surface area contributed by atoms with Gasteiger partial charge in [0.1, 0.15) is 0 Å². The average Bonchev–Trinajstić information content (AvgIpc) is 2.43. The van der Waals surface area contributed by atoms with Crippen molar-refractivity contribution in [2.45, 2.75) is 33.2 Å². The van der Waals surface area contributed by atoms with Gasteiger partial charge in [-0.15, -0.1) is 0 Å². The standard InChI is InChI=1S/C14H23N3O/c1-3-5-10-17(4-2)11-12-6-8-13(9-7-12)14(15)16-18/h6-9,18H,3-5,10-11H2,1-2H3,(H2,15,16). The molecule has 3 N–H and O–H groups in total. The van der Waals surface area contributed by atoms with E-state index in [0.29, 0.717) is 0 Å². The van der Waals surface area contributed by atoms with Crippen LogP contribution in [-0.2, 0) is 6.54 Å². The summed E-state index contributed by atoms with van der Waals surface area (Å²) in [5.41, 5.74) is 7.53. The van der Waals surface area contributed by atoms with Gasteiger partial charge in [0.05, 0.1) is 0 Å². The smallest absolute Gasteiger partial charge is 0.170 e. The van der Waals surface area contributed by atoms with Gasteiger partial charge in [0.2, 0.25) is 0 Å². The minimum absolute atomic E-state index is 0.153. The number of hydrogen-bond donors (Lipinski definition) is 2. The van der Waals surface area contributed by atoms with Crippen molar-refractivity contribution in [1.29, 1.82) is 0 Å². The summed E-state index contributed by atoms with van der Waals surface area (Å²) in [7, 11) is 0. The van der Waals surface area contributed by atoms with E-state index in [1.807, 2.05) is 24.3 Å². The van der Waals surface area contributed by atoms with Gasteiger partial charge < -0.3 is 10.9 Å². The molecule has 0 aliphatic carbocycles. The van der Waals surface area contributed by atoms with Crippen LogP contribution in [0.2, 0.25) is 0 Å². The van der Waals surface area contributed by atoms with Gasteiger partial charge in [-0.25, -0.2) is 0 Å². The molecule has 0 bridgehead atoms. The van der Waals surface area contributed by atoms with Gasteiger partial charge in [-0.2, -0.15) is 0 Å². The fourth-order valence-corrected chi connectivity index (χ4v) is 1.83. The SMILES string of the molecule is CCCCN(CC)Cc1ccc(/C(N)=N/O)cc1. The number of nitrogens with zero attached hydrogens (tertiary/aromatic N) is 2. The zero-order valence-electron chi connectivity index (χ0n) is 11.3. The molecule has 0 saturated carbocycles. The van der Waals surface area contributed by atoms with Crippen LogP contribution in [0, 0.1) is 0 Å². The number of benzene rings is 1. The van der Waals surface area contributed by atoms with Crippen molar-refractivity contribution in [2.75, 3.05) is 13.1 Å². The summed E-state index contributed by atoms with van der Waals surface area (Å²) in [5, 5.41) is 11.6. The van der Waals surface area contributed by atoms with Crippen molar-refractivity contribution in [3.05, 3.63) is 35.4 Å². The molecule has 100 valence electrons. The van der Waals surface area contributed by atoms with Gasteiger partial charge in [-0.1, -0.05) is 49.7 Å². The molecule has 0 aliphatic rings. The maximum atomic E-state index is 8.59. The molecule has 0 spiro atoms. The summed E-state index contributed by atoms with van der Waals surface area (Å²) in [6.45, 7) is 7.53. The van der Waals surface area contributed by atoms with Crippen LogP contribution in [0.25, 0.3) is 0 Å². The first-order valence-corrected chi connectivity index (χ1v) is 6.50. The lowest BCUT2D eigenvalue weighted by Gasteiger charge is -2.20. The fourth-order valence-electron chi connectivity index (χ4n) is 1.83. The predicted octanol–water partition coefficient (Wildman–Crippen LogP) is 2.40. The number of hydrogen-bond acceptors (Lipinski definition) is 3. The first-order valence-electron chi connectivity index (χ1n) is 6.50. The molecule has 18 heavy (non-hydrogen) atoms. The predicted molar refractivity (Wildman–Crippen MR) is 74.8 cm³/mol. The lowest BCUT2D eigenvalue weighted by Crippen LogP contribution is -2.24. The number of nitrogens with two attached hydrogens (primary N) is 1. The van der Waals surface area contributed by atoms with E-state index in [2.05, 4.69) is 23.9 Å². The minimum atomic E-state index is 0.153. The first-order chi connectivity index (χ1) is 8.71. The van der Waals surface area contributed by atoms with E-state index in [9.17, 15) is 0 Å².